The number of carbonyl (C=O) groups excluding carboxylic acids is 1. The van der Waals surface area contributed by atoms with Gasteiger partial charge in [-0.05, 0) is 44.9 Å². The standard InChI is InChI=1S/C16H24N2O3/c1-11(2)21-14-6-4-5-13(9-14)10-17-16(19)18-15-7-8-20-12(15)3/h4-6,9,11-12,15H,7-8,10H2,1-3H3,(H2,17,18,19)/t12-,15+/m0/s1. The fraction of sp³-hybridized carbons (Fsp3) is 0.562. The van der Waals surface area contributed by atoms with Crippen molar-refractivity contribution in [2.45, 2.75) is 52.0 Å². The fourth-order valence-electron chi connectivity index (χ4n) is 2.32. The fourth-order valence-corrected chi connectivity index (χ4v) is 2.32. The third-order valence-corrected chi connectivity index (χ3v) is 3.42. The van der Waals surface area contributed by atoms with Crippen molar-refractivity contribution in [2.75, 3.05) is 6.61 Å². The molecule has 1 fully saturated rings. The van der Waals surface area contributed by atoms with E-state index in [-0.39, 0.29) is 24.3 Å². The first-order valence-corrected chi connectivity index (χ1v) is 7.46. The highest BCUT2D eigenvalue weighted by atomic mass is 16.5. The average Bonchev–Trinajstić information content (AvgIpc) is 2.82. The lowest BCUT2D eigenvalue weighted by Crippen LogP contribution is -2.44. The molecule has 21 heavy (non-hydrogen) atoms. The smallest absolute Gasteiger partial charge is 0.315 e. The van der Waals surface area contributed by atoms with Crippen molar-refractivity contribution in [1.82, 2.24) is 10.6 Å². The number of amides is 2. The van der Waals surface area contributed by atoms with Gasteiger partial charge in [0.25, 0.3) is 0 Å². The second-order valence-corrected chi connectivity index (χ2v) is 5.61. The monoisotopic (exact) mass is 292 g/mol. The average molecular weight is 292 g/mol. The van der Waals surface area contributed by atoms with Crippen LogP contribution in [0.25, 0.3) is 0 Å². The van der Waals surface area contributed by atoms with Crippen LogP contribution in [0.3, 0.4) is 0 Å². The Morgan fingerprint density at radius 1 is 1.48 bits per heavy atom. The van der Waals surface area contributed by atoms with Gasteiger partial charge in [0.15, 0.2) is 0 Å². The van der Waals surface area contributed by atoms with E-state index in [9.17, 15) is 4.79 Å². The molecule has 2 rings (SSSR count). The SMILES string of the molecule is CC(C)Oc1cccc(CNC(=O)N[C@@H]2CCO[C@H]2C)c1. The van der Waals surface area contributed by atoms with Crippen molar-refractivity contribution in [2.24, 2.45) is 0 Å². The van der Waals surface area contributed by atoms with E-state index in [2.05, 4.69) is 10.6 Å². The molecule has 1 heterocycles. The van der Waals surface area contributed by atoms with Gasteiger partial charge in [-0.15, -0.1) is 0 Å². The summed E-state index contributed by atoms with van der Waals surface area (Å²) >= 11 is 0. The minimum Gasteiger partial charge on any atom is -0.491 e. The summed E-state index contributed by atoms with van der Waals surface area (Å²) in [5.41, 5.74) is 1.01. The third kappa shape index (κ3) is 4.93. The van der Waals surface area contributed by atoms with Crippen molar-refractivity contribution in [3.8, 4) is 5.75 Å². The van der Waals surface area contributed by atoms with E-state index in [1.807, 2.05) is 45.0 Å². The molecule has 2 amide bonds. The molecule has 1 saturated heterocycles. The van der Waals surface area contributed by atoms with Gasteiger partial charge < -0.3 is 20.1 Å². The number of carbonyl (C=O) groups is 1. The summed E-state index contributed by atoms with van der Waals surface area (Å²) in [5.74, 6) is 0.822. The molecule has 2 N–H and O–H groups in total. The van der Waals surface area contributed by atoms with E-state index in [1.54, 1.807) is 0 Å². The molecular formula is C16H24N2O3. The maximum Gasteiger partial charge on any atom is 0.315 e. The Morgan fingerprint density at radius 3 is 2.95 bits per heavy atom. The van der Waals surface area contributed by atoms with E-state index in [1.165, 1.54) is 0 Å². The van der Waals surface area contributed by atoms with Gasteiger partial charge >= 0.3 is 6.03 Å². The molecule has 5 nitrogen and oxygen atoms in total. The molecule has 0 radical (unpaired) electrons. The van der Waals surface area contributed by atoms with E-state index >= 15 is 0 Å². The number of urea groups is 1. The van der Waals surface area contributed by atoms with Gasteiger partial charge in [0.05, 0.1) is 18.2 Å². The molecule has 2 atom stereocenters. The summed E-state index contributed by atoms with van der Waals surface area (Å²) < 4.78 is 11.1. The highest BCUT2D eigenvalue weighted by molar-refractivity contribution is 5.74. The summed E-state index contributed by atoms with van der Waals surface area (Å²) in [5, 5.41) is 5.81. The molecule has 1 aromatic carbocycles. The van der Waals surface area contributed by atoms with Crippen molar-refractivity contribution < 1.29 is 14.3 Å². The van der Waals surface area contributed by atoms with Gasteiger partial charge in [-0.3, -0.25) is 0 Å². The van der Waals surface area contributed by atoms with Crippen LogP contribution in [0.2, 0.25) is 0 Å². The number of rotatable bonds is 5. The van der Waals surface area contributed by atoms with Crippen LogP contribution in [-0.4, -0.2) is 30.9 Å². The molecule has 0 unspecified atom stereocenters. The Bertz CT molecular complexity index is 476. The van der Waals surface area contributed by atoms with Crippen molar-refractivity contribution in [1.29, 1.82) is 0 Å². The lowest BCUT2D eigenvalue weighted by atomic mass is 10.1. The molecule has 1 aliphatic heterocycles. The highest BCUT2D eigenvalue weighted by Crippen LogP contribution is 2.15. The van der Waals surface area contributed by atoms with Crippen LogP contribution in [0, 0.1) is 0 Å². The van der Waals surface area contributed by atoms with Crippen LogP contribution < -0.4 is 15.4 Å². The van der Waals surface area contributed by atoms with Gasteiger partial charge in [0.2, 0.25) is 0 Å². The normalized spacial score (nSPS) is 21.3. The minimum absolute atomic E-state index is 0.0820. The molecule has 0 aliphatic carbocycles. The summed E-state index contributed by atoms with van der Waals surface area (Å²) in [4.78, 5) is 11.9. The summed E-state index contributed by atoms with van der Waals surface area (Å²) in [6.07, 6.45) is 1.09. The van der Waals surface area contributed by atoms with Crippen LogP contribution in [0.5, 0.6) is 5.75 Å². The van der Waals surface area contributed by atoms with Gasteiger partial charge in [-0.2, -0.15) is 0 Å². The van der Waals surface area contributed by atoms with E-state index in [0.717, 1.165) is 17.7 Å². The van der Waals surface area contributed by atoms with E-state index in [0.29, 0.717) is 13.2 Å². The predicted molar refractivity (Wildman–Crippen MR) is 81.4 cm³/mol. The first-order chi connectivity index (χ1) is 10.0. The van der Waals surface area contributed by atoms with Gasteiger partial charge in [0.1, 0.15) is 5.75 Å². The molecule has 0 bridgehead atoms. The van der Waals surface area contributed by atoms with Crippen LogP contribution in [0.15, 0.2) is 24.3 Å². The summed E-state index contributed by atoms with van der Waals surface area (Å²) in [6, 6.07) is 7.70. The van der Waals surface area contributed by atoms with Crippen LogP contribution >= 0.6 is 0 Å². The Hall–Kier alpha value is -1.75. The number of hydrogen-bond donors (Lipinski definition) is 2. The lowest BCUT2D eigenvalue weighted by Gasteiger charge is -2.16. The zero-order valence-electron chi connectivity index (χ0n) is 12.9. The molecule has 5 heteroatoms. The summed E-state index contributed by atoms with van der Waals surface area (Å²) in [6.45, 7) is 7.14. The largest absolute Gasteiger partial charge is 0.491 e. The quantitative estimate of drug-likeness (QED) is 0.876. The van der Waals surface area contributed by atoms with Crippen molar-refractivity contribution in [3.63, 3.8) is 0 Å². The molecule has 1 aliphatic rings. The minimum atomic E-state index is -0.160. The topological polar surface area (TPSA) is 59.6 Å². The Morgan fingerprint density at radius 2 is 2.29 bits per heavy atom. The van der Waals surface area contributed by atoms with Crippen LogP contribution in [0.4, 0.5) is 4.79 Å². The summed E-state index contributed by atoms with van der Waals surface area (Å²) in [7, 11) is 0. The number of ether oxygens (including phenoxy) is 2. The first kappa shape index (κ1) is 15.6. The van der Waals surface area contributed by atoms with Crippen LogP contribution in [-0.2, 0) is 11.3 Å². The third-order valence-electron chi connectivity index (χ3n) is 3.42. The first-order valence-electron chi connectivity index (χ1n) is 7.46. The number of hydrogen-bond acceptors (Lipinski definition) is 3. The van der Waals surface area contributed by atoms with Gasteiger partial charge in [-0.25, -0.2) is 4.79 Å². The molecule has 0 aromatic heterocycles. The van der Waals surface area contributed by atoms with E-state index in [4.69, 9.17) is 9.47 Å². The molecule has 1 aromatic rings. The second kappa shape index (κ2) is 7.31. The Labute approximate surface area is 126 Å². The number of nitrogens with one attached hydrogen (secondary N) is 2. The molecule has 0 spiro atoms. The Kier molecular flexibility index (Phi) is 5.44. The zero-order chi connectivity index (χ0) is 15.2. The van der Waals surface area contributed by atoms with Crippen LogP contribution in [0.1, 0.15) is 32.8 Å². The van der Waals surface area contributed by atoms with E-state index < -0.39 is 0 Å². The Balaban J connectivity index is 1.80. The molecule has 0 saturated carbocycles. The van der Waals surface area contributed by atoms with Gasteiger partial charge in [0, 0.05) is 13.2 Å². The van der Waals surface area contributed by atoms with Gasteiger partial charge in [-0.1, -0.05) is 12.1 Å². The lowest BCUT2D eigenvalue weighted by molar-refractivity contribution is 0.114. The second-order valence-electron chi connectivity index (χ2n) is 5.61. The van der Waals surface area contributed by atoms with Crippen molar-refractivity contribution >= 4 is 6.03 Å². The number of benzene rings is 1. The predicted octanol–water partition coefficient (Wildman–Crippen LogP) is 2.45. The zero-order valence-corrected chi connectivity index (χ0v) is 12.9. The molecular weight excluding hydrogens is 268 g/mol. The molecule has 116 valence electrons. The van der Waals surface area contributed by atoms with Crippen molar-refractivity contribution in [3.05, 3.63) is 29.8 Å². The highest BCUT2D eigenvalue weighted by Gasteiger charge is 2.25. The maximum absolute atomic E-state index is 11.9. The maximum atomic E-state index is 11.9.